The van der Waals surface area contributed by atoms with Crippen molar-refractivity contribution in [2.75, 3.05) is 39.5 Å². The predicted octanol–water partition coefficient (Wildman–Crippen LogP) is 0.580. The first-order valence-electron chi connectivity index (χ1n) is 7.49. The molecule has 1 heterocycles. The number of nitrogens with zero attached hydrogens (tertiary/aromatic N) is 2. The number of carbonyl (C=O) groups excluding carboxylic acids is 1. The molecule has 2 rings (SSSR count). The van der Waals surface area contributed by atoms with Crippen LogP contribution in [0.25, 0.3) is 0 Å². The molecule has 6 nitrogen and oxygen atoms in total. The smallest absolute Gasteiger partial charge is 0.242 e. The Hall–Kier alpha value is -1.51. The third kappa shape index (κ3) is 4.49. The zero-order valence-corrected chi connectivity index (χ0v) is 14.1. The van der Waals surface area contributed by atoms with Gasteiger partial charge in [0.05, 0.1) is 5.75 Å². The quantitative estimate of drug-likeness (QED) is 0.820. The summed E-state index contributed by atoms with van der Waals surface area (Å²) in [6.45, 7) is 1.57. The summed E-state index contributed by atoms with van der Waals surface area (Å²) in [4.78, 5) is 14.1. The Morgan fingerprint density at radius 2 is 2.13 bits per heavy atom. The third-order valence-electron chi connectivity index (χ3n) is 3.88. The van der Waals surface area contributed by atoms with Gasteiger partial charge in [-0.25, -0.2) is 17.1 Å². The molecule has 0 bridgehead atoms. The van der Waals surface area contributed by atoms with Crippen LogP contribution >= 0.6 is 0 Å². The van der Waals surface area contributed by atoms with Crippen molar-refractivity contribution in [3.05, 3.63) is 35.6 Å². The van der Waals surface area contributed by atoms with Gasteiger partial charge in [-0.3, -0.25) is 9.69 Å². The van der Waals surface area contributed by atoms with Gasteiger partial charge in [0, 0.05) is 33.7 Å². The molecule has 0 spiro atoms. The number of amides is 1. The van der Waals surface area contributed by atoms with Crippen LogP contribution in [-0.4, -0.2) is 63.0 Å². The molecule has 1 aromatic carbocycles. The maximum Gasteiger partial charge on any atom is 0.242 e. The minimum absolute atomic E-state index is 0.0218. The zero-order chi connectivity index (χ0) is 17.0. The highest BCUT2D eigenvalue weighted by atomic mass is 32.2. The van der Waals surface area contributed by atoms with Gasteiger partial charge in [0.2, 0.25) is 15.9 Å². The van der Waals surface area contributed by atoms with Crippen molar-refractivity contribution in [2.24, 2.45) is 0 Å². The second-order valence-electron chi connectivity index (χ2n) is 5.74. The van der Waals surface area contributed by atoms with Crippen LogP contribution in [0.2, 0.25) is 0 Å². The van der Waals surface area contributed by atoms with Gasteiger partial charge in [0.25, 0.3) is 0 Å². The van der Waals surface area contributed by atoms with E-state index in [1.165, 1.54) is 30.5 Å². The topological polar surface area (TPSA) is 69.7 Å². The standard InChI is InChI=1S/C15H22FN3O3S/c1-18(2)23(21,22)10-4-8-19-9-7-17-15(20)14(19)12-5-3-6-13(16)11-12/h3,5-6,11,14H,4,7-10H2,1-2H3,(H,17,20)/t14-/m0/s1. The molecular formula is C15H22FN3O3S. The number of rotatable bonds is 6. The summed E-state index contributed by atoms with van der Waals surface area (Å²) in [5.74, 6) is -0.554. The number of halogens is 1. The molecule has 1 fully saturated rings. The lowest BCUT2D eigenvalue weighted by atomic mass is 10.0. The molecule has 1 aliphatic heterocycles. The van der Waals surface area contributed by atoms with Crippen LogP contribution in [0.5, 0.6) is 0 Å². The number of hydrogen-bond donors (Lipinski definition) is 1. The number of nitrogens with one attached hydrogen (secondary N) is 1. The summed E-state index contributed by atoms with van der Waals surface area (Å²) in [5, 5.41) is 2.78. The molecule has 1 N–H and O–H groups in total. The van der Waals surface area contributed by atoms with Crippen molar-refractivity contribution in [1.29, 1.82) is 0 Å². The van der Waals surface area contributed by atoms with Crippen molar-refractivity contribution in [3.63, 3.8) is 0 Å². The van der Waals surface area contributed by atoms with E-state index in [2.05, 4.69) is 5.32 Å². The minimum atomic E-state index is -3.26. The maximum atomic E-state index is 13.4. The number of hydrogen-bond acceptors (Lipinski definition) is 4. The van der Waals surface area contributed by atoms with Gasteiger partial charge >= 0.3 is 0 Å². The lowest BCUT2D eigenvalue weighted by Gasteiger charge is -2.35. The van der Waals surface area contributed by atoms with Crippen molar-refractivity contribution in [1.82, 2.24) is 14.5 Å². The van der Waals surface area contributed by atoms with Crippen LogP contribution in [0.15, 0.2) is 24.3 Å². The van der Waals surface area contributed by atoms with Crippen molar-refractivity contribution < 1.29 is 17.6 Å². The molecular weight excluding hydrogens is 321 g/mol. The number of carbonyl (C=O) groups is 1. The lowest BCUT2D eigenvalue weighted by molar-refractivity contribution is -0.129. The fourth-order valence-electron chi connectivity index (χ4n) is 2.63. The molecule has 1 aromatic rings. The van der Waals surface area contributed by atoms with Crippen LogP contribution in [-0.2, 0) is 14.8 Å². The first kappa shape index (κ1) is 17.8. The van der Waals surface area contributed by atoms with E-state index in [0.717, 1.165) is 0 Å². The maximum absolute atomic E-state index is 13.4. The van der Waals surface area contributed by atoms with Crippen molar-refractivity contribution in [3.8, 4) is 0 Å². The predicted molar refractivity (Wildman–Crippen MR) is 85.8 cm³/mol. The van der Waals surface area contributed by atoms with Crippen LogP contribution in [0.3, 0.4) is 0 Å². The van der Waals surface area contributed by atoms with Crippen molar-refractivity contribution in [2.45, 2.75) is 12.5 Å². The van der Waals surface area contributed by atoms with Gasteiger partial charge in [-0.1, -0.05) is 12.1 Å². The molecule has 23 heavy (non-hydrogen) atoms. The second kappa shape index (κ2) is 7.37. The minimum Gasteiger partial charge on any atom is -0.353 e. The van der Waals surface area contributed by atoms with E-state index in [4.69, 9.17) is 0 Å². The van der Waals surface area contributed by atoms with Crippen LogP contribution in [0.4, 0.5) is 4.39 Å². The van der Waals surface area contributed by atoms with Gasteiger partial charge in [-0.15, -0.1) is 0 Å². The molecule has 8 heteroatoms. The summed E-state index contributed by atoms with van der Waals surface area (Å²) in [7, 11) is -0.257. The fourth-order valence-corrected chi connectivity index (χ4v) is 3.49. The van der Waals surface area contributed by atoms with Gasteiger partial charge in [0.1, 0.15) is 11.9 Å². The highest BCUT2D eigenvalue weighted by Crippen LogP contribution is 2.24. The molecule has 0 radical (unpaired) electrons. The second-order valence-corrected chi connectivity index (χ2v) is 8.04. The van der Waals surface area contributed by atoms with E-state index >= 15 is 0 Å². The van der Waals surface area contributed by atoms with E-state index in [9.17, 15) is 17.6 Å². The molecule has 0 unspecified atom stereocenters. The molecule has 1 atom stereocenters. The Morgan fingerprint density at radius 1 is 1.39 bits per heavy atom. The number of benzene rings is 1. The Kier molecular flexibility index (Phi) is 5.72. The van der Waals surface area contributed by atoms with E-state index in [0.29, 0.717) is 31.6 Å². The Morgan fingerprint density at radius 3 is 2.78 bits per heavy atom. The van der Waals surface area contributed by atoms with E-state index in [-0.39, 0.29) is 11.7 Å². The summed E-state index contributed by atoms with van der Waals surface area (Å²) in [6, 6.07) is 5.38. The van der Waals surface area contributed by atoms with Gasteiger partial charge < -0.3 is 5.32 Å². The summed E-state index contributed by atoms with van der Waals surface area (Å²) in [6.07, 6.45) is 0.416. The van der Waals surface area contributed by atoms with Gasteiger partial charge in [-0.05, 0) is 24.1 Å². The molecule has 1 amide bonds. The van der Waals surface area contributed by atoms with E-state index in [1.807, 2.05) is 4.90 Å². The zero-order valence-electron chi connectivity index (χ0n) is 13.3. The van der Waals surface area contributed by atoms with Crippen molar-refractivity contribution >= 4 is 15.9 Å². The van der Waals surface area contributed by atoms with Gasteiger partial charge in [-0.2, -0.15) is 0 Å². The van der Waals surface area contributed by atoms with Crippen LogP contribution < -0.4 is 5.32 Å². The van der Waals surface area contributed by atoms with E-state index < -0.39 is 21.9 Å². The molecule has 0 aromatic heterocycles. The van der Waals surface area contributed by atoms with E-state index in [1.54, 1.807) is 12.1 Å². The monoisotopic (exact) mass is 343 g/mol. The molecule has 128 valence electrons. The van der Waals surface area contributed by atoms with Crippen LogP contribution in [0, 0.1) is 5.82 Å². The SMILES string of the molecule is CN(C)S(=O)(=O)CCCN1CCNC(=O)[C@@H]1c1cccc(F)c1. The third-order valence-corrected chi connectivity index (χ3v) is 5.80. The lowest BCUT2D eigenvalue weighted by Crippen LogP contribution is -2.50. The summed E-state index contributed by atoms with van der Waals surface area (Å²) < 4.78 is 38.3. The first-order chi connectivity index (χ1) is 10.8. The average molecular weight is 343 g/mol. The largest absolute Gasteiger partial charge is 0.353 e. The molecule has 0 aliphatic carbocycles. The summed E-state index contributed by atoms with van der Waals surface area (Å²) >= 11 is 0. The highest BCUT2D eigenvalue weighted by molar-refractivity contribution is 7.89. The normalized spacial score (nSPS) is 19.8. The average Bonchev–Trinajstić information content (AvgIpc) is 2.47. The first-order valence-corrected chi connectivity index (χ1v) is 9.09. The molecule has 1 aliphatic rings. The van der Waals surface area contributed by atoms with Crippen LogP contribution in [0.1, 0.15) is 18.0 Å². The highest BCUT2D eigenvalue weighted by Gasteiger charge is 2.31. The fraction of sp³-hybridized carbons (Fsp3) is 0.533. The Bertz CT molecular complexity index is 664. The van der Waals surface area contributed by atoms with Gasteiger partial charge in [0.15, 0.2) is 0 Å². The molecule has 0 saturated carbocycles. The Balaban J connectivity index is 2.08. The molecule has 1 saturated heterocycles. The Labute approximate surface area is 136 Å². The number of sulfonamides is 1. The number of piperazine rings is 1. The summed E-state index contributed by atoms with van der Waals surface area (Å²) in [5.41, 5.74) is 0.581.